The van der Waals surface area contributed by atoms with Gasteiger partial charge >= 0.3 is 0 Å². The number of hydrogen-bond acceptors (Lipinski definition) is 4. The number of ether oxygens (including phenoxy) is 1. The van der Waals surface area contributed by atoms with Crippen LogP contribution in [0.2, 0.25) is 0 Å². The van der Waals surface area contributed by atoms with Crippen molar-refractivity contribution >= 4 is 35.0 Å². The summed E-state index contributed by atoms with van der Waals surface area (Å²) >= 11 is 1.49. The van der Waals surface area contributed by atoms with Crippen LogP contribution in [0.4, 0.5) is 11.4 Å². The molecule has 0 fully saturated rings. The number of benzene rings is 2. The van der Waals surface area contributed by atoms with E-state index >= 15 is 0 Å². The van der Waals surface area contributed by atoms with Gasteiger partial charge in [0.2, 0.25) is 11.8 Å². The van der Waals surface area contributed by atoms with Gasteiger partial charge in [0.25, 0.3) is 0 Å². The SMILES string of the molecule is COc1ccc(NC(C)=O)cc1NC(=O)CSc1cc(C)ccc1C. The first kappa shape index (κ1) is 18.9. The normalized spacial score (nSPS) is 10.2. The number of rotatable bonds is 6. The number of anilines is 2. The van der Waals surface area contributed by atoms with Gasteiger partial charge in [-0.05, 0) is 43.7 Å². The van der Waals surface area contributed by atoms with Crippen molar-refractivity contribution in [3.8, 4) is 5.75 Å². The van der Waals surface area contributed by atoms with Crippen molar-refractivity contribution in [3.63, 3.8) is 0 Å². The number of carbonyl (C=O) groups excluding carboxylic acids is 2. The highest BCUT2D eigenvalue weighted by Crippen LogP contribution is 2.29. The first-order valence-electron chi connectivity index (χ1n) is 7.84. The Balaban J connectivity index is 2.06. The second-order valence-corrected chi connectivity index (χ2v) is 6.72. The average Bonchev–Trinajstić information content (AvgIpc) is 2.55. The van der Waals surface area contributed by atoms with Crippen molar-refractivity contribution in [2.24, 2.45) is 0 Å². The van der Waals surface area contributed by atoms with Gasteiger partial charge in [0.05, 0.1) is 18.6 Å². The smallest absolute Gasteiger partial charge is 0.234 e. The largest absolute Gasteiger partial charge is 0.495 e. The predicted molar refractivity (Wildman–Crippen MR) is 103 cm³/mol. The number of nitrogens with one attached hydrogen (secondary N) is 2. The van der Waals surface area contributed by atoms with Crippen molar-refractivity contribution < 1.29 is 14.3 Å². The first-order valence-corrected chi connectivity index (χ1v) is 8.83. The minimum absolute atomic E-state index is 0.135. The van der Waals surface area contributed by atoms with E-state index in [1.807, 2.05) is 13.8 Å². The van der Waals surface area contributed by atoms with E-state index in [1.165, 1.54) is 25.8 Å². The maximum Gasteiger partial charge on any atom is 0.234 e. The standard InChI is InChI=1S/C19H22N2O3S/c1-12-5-6-13(2)18(9-12)25-11-19(23)21-16-10-15(20-14(3)22)7-8-17(16)24-4/h5-10H,11H2,1-4H3,(H,20,22)(H,21,23). The third-order valence-electron chi connectivity index (χ3n) is 3.50. The zero-order valence-electron chi connectivity index (χ0n) is 14.8. The van der Waals surface area contributed by atoms with Crippen molar-refractivity contribution in [1.82, 2.24) is 0 Å². The first-order chi connectivity index (χ1) is 11.9. The molecule has 0 saturated heterocycles. The lowest BCUT2D eigenvalue weighted by molar-refractivity contribution is -0.114. The fourth-order valence-corrected chi connectivity index (χ4v) is 3.20. The fraction of sp³-hybridized carbons (Fsp3) is 0.263. The Kier molecular flexibility index (Phi) is 6.47. The van der Waals surface area contributed by atoms with Gasteiger partial charge in [0, 0.05) is 17.5 Å². The molecule has 2 amide bonds. The van der Waals surface area contributed by atoms with E-state index in [1.54, 1.807) is 18.2 Å². The Morgan fingerprint density at radius 2 is 1.84 bits per heavy atom. The minimum Gasteiger partial charge on any atom is -0.495 e. The number of amides is 2. The van der Waals surface area contributed by atoms with E-state index in [-0.39, 0.29) is 17.6 Å². The second-order valence-electron chi connectivity index (χ2n) is 5.70. The highest BCUT2D eigenvalue weighted by molar-refractivity contribution is 8.00. The lowest BCUT2D eigenvalue weighted by Gasteiger charge is -2.13. The molecule has 0 aliphatic carbocycles. The molecule has 0 unspecified atom stereocenters. The molecule has 0 spiro atoms. The van der Waals surface area contributed by atoms with E-state index in [4.69, 9.17) is 4.74 Å². The zero-order chi connectivity index (χ0) is 18.4. The van der Waals surface area contributed by atoms with Gasteiger partial charge in [-0.1, -0.05) is 17.7 Å². The molecule has 25 heavy (non-hydrogen) atoms. The maximum absolute atomic E-state index is 12.3. The summed E-state index contributed by atoms with van der Waals surface area (Å²) in [5.74, 6) is 0.522. The Hall–Kier alpha value is -2.47. The molecule has 132 valence electrons. The Bertz CT molecular complexity index is 790. The number of hydrogen-bond donors (Lipinski definition) is 2. The van der Waals surface area contributed by atoms with Crippen LogP contribution in [0.25, 0.3) is 0 Å². The molecular weight excluding hydrogens is 336 g/mol. The lowest BCUT2D eigenvalue weighted by atomic mass is 10.2. The Morgan fingerprint density at radius 3 is 2.52 bits per heavy atom. The molecule has 6 heteroatoms. The molecule has 2 N–H and O–H groups in total. The fourth-order valence-electron chi connectivity index (χ4n) is 2.28. The summed E-state index contributed by atoms with van der Waals surface area (Å²) in [5.41, 5.74) is 3.44. The molecule has 0 bridgehead atoms. The number of methoxy groups -OCH3 is 1. The van der Waals surface area contributed by atoms with Gasteiger partial charge in [-0.25, -0.2) is 0 Å². The van der Waals surface area contributed by atoms with E-state index in [0.717, 1.165) is 16.0 Å². The molecular formula is C19H22N2O3S. The maximum atomic E-state index is 12.3. The van der Waals surface area contributed by atoms with E-state index in [0.29, 0.717) is 17.1 Å². The average molecular weight is 358 g/mol. The monoisotopic (exact) mass is 358 g/mol. The quantitative estimate of drug-likeness (QED) is 0.766. The van der Waals surface area contributed by atoms with Crippen molar-refractivity contribution in [2.45, 2.75) is 25.7 Å². The molecule has 0 radical (unpaired) electrons. The highest BCUT2D eigenvalue weighted by Gasteiger charge is 2.11. The number of aryl methyl sites for hydroxylation is 2. The summed E-state index contributed by atoms with van der Waals surface area (Å²) in [6, 6.07) is 11.3. The molecule has 5 nitrogen and oxygen atoms in total. The second kappa shape index (κ2) is 8.58. The number of thioether (sulfide) groups is 1. The Morgan fingerprint density at radius 1 is 1.08 bits per heavy atom. The molecule has 0 atom stereocenters. The van der Waals surface area contributed by atoms with Crippen LogP contribution >= 0.6 is 11.8 Å². The summed E-state index contributed by atoms with van der Waals surface area (Å²) in [6.07, 6.45) is 0. The van der Waals surface area contributed by atoms with E-state index in [9.17, 15) is 9.59 Å². The van der Waals surface area contributed by atoms with Gasteiger partial charge in [-0.3, -0.25) is 9.59 Å². The van der Waals surface area contributed by atoms with Crippen LogP contribution in [0.15, 0.2) is 41.3 Å². The van der Waals surface area contributed by atoms with Gasteiger partial charge in [0.1, 0.15) is 5.75 Å². The third kappa shape index (κ3) is 5.53. The van der Waals surface area contributed by atoms with Crippen LogP contribution in [0.5, 0.6) is 5.75 Å². The Labute approximate surface area is 152 Å². The molecule has 2 aromatic carbocycles. The molecule has 0 saturated carbocycles. The molecule has 2 aromatic rings. The van der Waals surface area contributed by atoms with E-state index in [2.05, 4.69) is 28.8 Å². The topological polar surface area (TPSA) is 67.4 Å². The van der Waals surface area contributed by atoms with Crippen LogP contribution in [0.3, 0.4) is 0 Å². The third-order valence-corrected chi connectivity index (χ3v) is 4.65. The van der Waals surface area contributed by atoms with Crippen LogP contribution in [-0.4, -0.2) is 24.7 Å². The summed E-state index contributed by atoms with van der Waals surface area (Å²) in [5, 5.41) is 5.53. The van der Waals surface area contributed by atoms with Gasteiger partial charge in [-0.2, -0.15) is 0 Å². The minimum atomic E-state index is -0.173. The van der Waals surface area contributed by atoms with Gasteiger partial charge < -0.3 is 15.4 Å². The predicted octanol–water partition coefficient (Wildman–Crippen LogP) is 4.00. The van der Waals surface area contributed by atoms with Crippen LogP contribution < -0.4 is 15.4 Å². The molecule has 0 aliphatic rings. The summed E-state index contributed by atoms with van der Waals surface area (Å²) in [7, 11) is 1.54. The van der Waals surface area contributed by atoms with Gasteiger partial charge in [-0.15, -0.1) is 11.8 Å². The van der Waals surface area contributed by atoms with Crippen molar-refractivity contribution in [1.29, 1.82) is 0 Å². The summed E-state index contributed by atoms with van der Waals surface area (Å²) in [6.45, 7) is 5.49. The van der Waals surface area contributed by atoms with Crippen LogP contribution in [0.1, 0.15) is 18.1 Å². The zero-order valence-corrected chi connectivity index (χ0v) is 15.6. The van der Waals surface area contributed by atoms with Crippen LogP contribution in [-0.2, 0) is 9.59 Å². The summed E-state index contributed by atoms with van der Waals surface area (Å²) in [4.78, 5) is 24.6. The van der Waals surface area contributed by atoms with Gasteiger partial charge in [0.15, 0.2) is 0 Å². The number of carbonyl (C=O) groups is 2. The molecule has 2 rings (SSSR count). The summed E-state index contributed by atoms with van der Waals surface area (Å²) < 4.78 is 5.27. The van der Waals surface area contributed by atoms with Crippen LogP contribution in [0, 0.1) is 13.8 Å². The molecule has 0 heterocycles. The van der Waals surface area contributed by atoms with Crippen molar-refractivity contribution in [3.05, 3.63) is 47.5 Å². The van der Waals surface area contributed by atoms with Crippen molar-refractivity contribution in [2.75, 3.05) is 23.5 Å². The highest BCUT2D eigenvalue weighted by atomic mass is 32.2. The molecule has 0 aromatic heterocycles. The van der Waals surface area contributed by atoms with E-state index < -0.39 is 0 Å². The molecule has 0 aliphatic heterocycles. The lowest BCUT2D eigenvalue weighted by Crippen LogP contribution is -2.15.